The summed E-state index contributed by atoms with van der Waals surface area (Å²) in [6, 6.07) is 0. The normalized spacial score (nSPS) is 13.8. The third-order valence-corrected chi connectivity index (χ3v) is 23.1. The second kappa shape index (κ2) is 81.2. The smallest absolute Gasteiger partial charge is 0.462 e. The number of hydrogen-bond acceptors (Lipinski definition) is 15. The van der Waals surface area contributed by atoms with Gasteiger partial charge in [0.15, 0.2) is 12.2 Å². The summed E-state index contributed by atoms with van der Waals surface area (Å²) in [5.74, 6) is -0.477. The summed E-state index contributed by atoms with van der Waals surface area (Å²) in [7, 11) is -9.93. The fraction of sp³-hybridized carbons (Fsp3) is 0.956. The highest BCUT2D eigenvalue weighted by Gasteiger charge is 2.31. The molecule has 0 heterocycles. The van der Waals surface area contributed by atoms with Crippen molar-refractivity contribution in [2.45, 2.75) is 503 Å². The van der Waals surface area contributed by atoms with Crippen LogP contribution in [-0.2, 0) is 65.4 Å². The number of phosphoric ester groups is 2. The zero-order valence-electron chi connectivity index (χ0n) is 71.9. The molecule has 0 saturated heterocycles. The number of phosphoric acid groups is 2. The average Bonchev–Trinajstić information content (AvgIpc) is 0.899. The molecule has 0 fully saturated rings. The van der Waals surface area contributed by atoms with Gasteiger partial charge in [0.25, 0.3) is 0 Å². The Morgan fingerprint density at radius 1 is 0.248 bits per heavy atom. The van der Waals surface area contributed by atoms with Crippen molar-refractivity contribution in [3.8, 4) is 0 Å². The van der Waals surface area contributed by atoms with Gasteiger partial charge in [0.2, 0.25) is 0 Å². The lowest BCUT2D eigenvalue weighted by molar-refractivity contribution is -0.161. The topological polar surface area (TPSA) is 237 Å². The first kappa shape index (κ1) is 107. The van der Waals surface area contributed by atoms with Crippen molar-refractivity contribution in [3.05, 3.63) is 0 Å². The molecule has 3 N–H and O–H groups in total. The van der Waals surface area contributed by atoms with Crippen molar-refractivity contribution in [3.63, 3.8) is 0 Å². The number of unbranched alkanes of at least 4 members (excludes halogenated alkanes) is 59. The maximum atomic E-state index is 13.2. The van der Waals surface area contributed by atoms with Gasteiger partial charge in [-0.25, -0.2) is 9.13 Å². The molecule has 0 aromatic rings. The van der Waals surface area contributed by atoms with Gasteiger partial charge in [-0.2, -0.15) is 0 Å². The summed E-state index contributed by atoms with van der Waals surface area (Å²) >= 11 is 0. The summed E-state index contributed by atoms with van der Waals surface area (Å²) in [6.07, 6.45) is 75.2. The van der Waals surface area contributed by atoms with Crippen molar-refractivity contribution in [1.29, 1.82) is 0 Å². The van der Waals surface area contributed by atoms with E-state index >= 15 is 0 Å². The van der Waals surface area contributed by atoms with Crippen LogP contribution in [0.4, 0.5) is 0 Å². The Morgan fingerprint density at radius 3 is 0.624 bits per heavy atom. The Balaban J connectivity index is 5.19. The first-order chi connectivity index (χ1) is 52.9. The Labute approximate surface area is 670 Å². The van der Waals surface area contributed by atoms with Crippen LogP contribution in [0, 0.1) is 11.8 Å². The first-order valence-corrected chi connectivity index (χ1v) is 49.5. The van der Waals surface area contributed by atoms with Gasteiger partial charge in [-0.15, -0.1) is 0 Å². The van der Waals surface area contributed by atoms with Crippen LogP contribution in [0.25, 0.3) is 0 Å². The molecular formula is C90H176O17P2. The summed E-state index contributed by atoms with van der Waals surface area (Å²) in [4.78, 5) is 73.3. The van der Waals surface area contributed by atoms with Gasteiger partial charge in [0.1, 0.15) is 19.3 Å². The number of esters is 4. The van der Waals surface area contributed by atoms with Gasteiger partial charge in [-0.1, -0.05) is 433 Å². The number of aliphatic hydroxyl groups is 1. The van der Waals surface area contributed by atoms with E-state index in [0.29, 0.717) is 25.7 Å². The van der Waals surface area contributed by atoms with Crippen molar-refractivity contribution in [2.24, 2.45) is 11.8 Å². The summed E-state index contributed by atoms with van der Waals surface area (Å²) < 4.78 is 69.0. The first-order valence-electron chi connectivity index (χ1n) is 46.5. The van der Waals surface area contributed by atoms with E-state index in [1.807, 2.05) is 0 Å². The maximum Gasteiger partial charge on any atom is 0.472 e. The van der Waals surface area contributed by atoms with Gasteiger partial charge >= 0.3 is 39.5 Å². The van der Waals surface area contributed by atoms with Crippen molar-refractivity contribution in [1.82, 2.24) is 0 Å². The molecule has 0 aliphatic heterocycles. The highest BCUT2D eigenvalue weighted by molar-refractivity contribution is 7.47. The molecule has 0 aromatic heterocycles. The number of ether oxygens (including phenoxy) is 4. The van der Waals surface area contributed by atoms with Crippen LogP contribution in [0.1, 0.15) is 485 Å². The SMILES string of the molecule is CCCCCCCCCCCCCCCCCCCCCCCCC(=O)O[C@H](COC(=O)CCCCCCCCCCCCCCCCCCC(C)C)COP(=O)(O)OC[C@@H](O)COP(=O)(O)OC[C@@H](COC(=O)CCCCCCCCCCC)OC(=O)CCCCCCCCCCCCCCCCCCC(C)C. The Kier molecular flexibility index (Phi) is 79.8. The highest BCUT2D eigenvalue weighted by Crippen LogP contribution is 2.45. The zero-order chi connectivity index (χ0) is 79.9. The Morgan fingerprint density at radius 2 is 0.422 bits per heavy atom. The van der Waals surface area contributed by atoms with Crippen LogP contribution < -0.4 is 0 Å². The maximum absolute atomic E-state index is 13.2. The van der Waals surface area contributed by atoms with Gasteiger partial charge in [0, 0.05) is 25.7 Å². The number of carbonyl (C=O) groups excluding carboxylic acids is 4. The lowest BCUT2D eigenvalue weighted by Crippen LogP contribution is -2.30. The lowest BCUT2D eigenvalue weighted by atomic mass is 10.0. The molecule has 0 spiro atoms. The van der Waals surface area contributed by atoms with Crippen LogP contribution in [0.3, 0.4) is 0 Å². The monoisotopic (exact) mass is 1590 g/mol. The molecule has 0 bridgehead atoms. The fourth-order valence-electron chi connectivity index (χ4n) is 14.1. The summed E-state index contributed by atoms with van der Waals surface area (Å²) in [6.45, 7) is 9.74. The van der Waals surface area contributed by atoms with Gasteiger partial charge in [0.05, 0.1) is 26.4 Å². The van der Waals surface area contributed by atoms with Crippen LogP contribution in [0.2, 0.25) is 0 Å². The highest BCUT2D eigenvalue weighted by atomic mass is 31.2. The molecule has 0 aromatic carbocycles. The molecule has 648 valence electrons. The number of aliphatic hydroxyl groups excluding tert-OH is 1. The third-order valence-electron chi connectivity index (χ3n) is 21.2. The van der Waals surface area contributed by atoms with Crippen LogP contribution in [0.5, 0.6) is 0 Å². The van der Waals surface area contributed by atoms with E-state index in [1.165, 1.54) is 302 Å². The van der Waals surface area contributed by atoms with E-state index in [1.54, 1.807) is 0 Å². The number of rotatable bonds is 89. The molecule has 19 heteroatoms. The molecule has 0 aliphatic carbocycles. The Hall–Kier alpha value is -1.94. The molecule has 2 unspecified atom stereocenters. The minimum atomic E-state index is -4.97. The fourth-order valence-corrected chi connectivity index (χ4v) is 15.7. The van der Waals surface area contributed by atoms with E-state index in [-0.39, 0.29) is 25.7 Å². The second-order valence-electron chi connectivity index (χ2n) is 33.3. The molecule has 0 rings (SSSR count). The standard InChI is InChI=1S/C90H176O17P2/c1-7-9-11-13-15-17-18-19-20-21-22-23-24-25-26-34-39-44-50-56-62-68-75-90(95)107-86(79-101-88(93)73-67-61-55-49-43-38-33-29-27-31-36-41-47-52-58-64-70-82(3)4)81-105-109(98,99)103-77-84(91)76-102-108(96,97)104-80-85(78-100-87(92)72-66-60-54-46-16-14-12-10-8-2)106-89(94)74-69-63-57-51-45-40-35-30-28-32-37-42-48-53-59-65-71-83(5)6/h82-86,91H,7-81H2,1-6H3,(H,96,97)(H,98,99)/t84-,85+,86+/m0/s1. The van der Waals surface area contributed by atoms with Gasteiger partial charge in [-0.05, 0) is 37.5 Å². The minimum absolute atomic E-state index is 0.108. The van der Waals surface area contributed by atoms with Crippen molar-refractivity contribution in [2.75, 3.05) is 39.6 Å². The minimum Gasteiger partial charge on any atom is -0.462 e. The van der Waals surface area contributed by atoms with Crippen LogP contribution >= 0.6 is 15.6 Å². The van der Waals surface area contributed by atoms with E-state index in [9.17, 15) is 43.2 Å². The van der Waals surface area contributed by atoms with E-state index in [4.69, 9.17) is 37.0 Å². The number of carbonyl (C=O) groups is 4. The largest absolute Gasteiger partial charge is 0.472 e. The zero-order valence-corrected chi connectivity index (χ0v) is 73.7. The van der Waals surface area contributed by atoms with Gasteiger partial charge in [-0.3, -0.25) is 37.3 Å². The molecule has 17 nitrogen and oxygen atoms in total. The Bertz CT molecular complexity index is 2080. The molecule has 5 atom stereocenters. The third kappa shape index (κ3) is 83.8. The average molecular weight is 1590 g/mol. The van der Waals surface area contributed by atoms with E-state index < -0.39 is 97.5 Å². The molecule has 0 amide bonds. The van der Waals surface area contributed by atoms with E-state index in [0.717, 1.165) is 102 Å². The van der Waals surface area contributed by atoms with Crippen molar-refractivity contribution < 1.29 is 80.2 Å². The molecule has 0 aliphatic rings. The molecule has 0 saturated carbocycles. The predicted octanol–water partition coefficient (Wildman–Crippen LogP) is 27.8. The summed E-state index contributed by atoms with van der Waals surface area (Å²) in [5.41, 5.74) is 0. The second-order valence-corrected chi connectivity index (χ2v) is 36.2. The van der Waals surface area contributed by atoms with Crippen LogP contribution in [-0.4, -0.2) is 96.7 Å². The quantitative estimate of drug-likeness (QED) is 0.0222. The predicted molar refractivity (Wildman–Crippen MR) is 451 cm³/mol. The molecule has 0 radical (unpaired) electrons. The number of hydrogen-bond donors (Lipinski definition) is 3. The summed E-state index contributed by atoms with van der Waals surface area (Å²) in [5, 5.41) is 10.7. The lowest BCUT2D eigenvalue weighted by Gasteiger charge is -2.21. The van der Waals surface area contributed by atoms with Crippen molar-refractivity contribution >= 4 is 39.5 Å². The van der Waals surface area contributed by atoms with Crippen LogP contribution in [0.15, 0.2) is 0 Å². The van der Waals surface area contributed by atoms with Gasteiger partial charge < -0.3 is 33.8 Å². The molecular weight excluding hydrogens is 1410 g/mol. The molecule has 109 heavy (non-hydrogen) atoms. The van der Waals surface area contributed by atoms with E-state index in [2.05, 4.69) is 41.5 Å².